The van der Waals surface area contributed by atoms with E-state index in [4.69, 9.17) is 52.1 Å². The molecule has 2 unspecified atom stereocenters. The lowest BCUT2D eigenvalue weighted by atomic mass is 9.66. The maximum absolute atomic E-state index is 13.8. The molecular weight excluding hydrogens is 652 g/mol. The number of carbonyl (C=O) groups excluding carboxylic acids is 1. The molecule has 0 bridgehead atoms. The molecule has 4 aliphatic heterocycles. The predicted molar refractivity (Wildman–Crippen MR) is 176 cm³/mol. The Bertz CT molecular complexity index is 1570. The van der Waals surface area contributed by atoms with Crippen LogP contribution in [0.25, 0.3) is 0 Å². The molecule has 1 aliphatic carbocycles. The summed E-state index contributed by atoms with van der Waals surface area (Å²) < 4.78 is 66.9. The second kappa shape index (κ2) is 13.0. The molecule has 13 heteroatoms. The predicted octanol–water partition coefficient (Wildman–Crippen LogP) is 4.63. The van der Waals surface area contributed by atoms with Gasteiger partial charge in [0, 0.05) is 11.8 Å². The number of rotatable bonds is 7. The van der Waals surface area contributed by atoms with Crippen molar-refractivity contribution in [2.75, 3.05) is 34.2 Å². The number of ether oxygens (including phenoxy) is 11. The van der Waals surface area contributed by atoms with E-state index in [1.54, 1.807) is 21.1 Å². The third-order valence-electron chi connectivity index (χ3n) is 9.60. The van der Waals surface area contributed by atoms with Crippen LogP contribution in [0.15, 0.2) is 24.3 Å². The van der Waals surface area contributed by atoms with E-state index in [1.165, 1.54) is 0 Å². The second-order valence-corrected chi connectivity index (χ2v) is 15.4. The van der Waals surface area contributed by atoms with Gasteiger partial charge >= 0.3 is 5.97 Å². The summed E-state index contributed by atoms with van der Waals surface area (Å²) >= 11 is 0. The number of cyclic esters (lactones) is 1. The zero-order valence-electron chi connectivity index (χ0n) is 30.1. The zero-order valence-corrected chi connectivity index (χ0v) is 30.1. The first-order chi connectivity index (χ1) is 23.7. The number of benzene rings is 2. The molecule has 0 aromatic heterocycles. The van der Waals surface area contributed by atoms with Crippen molar-refractivity contribution in [2.24, 2.45) is 11.8 Å². The minimum absolute atomic E-state index is 0.0602. The van der Waals surface area contributed by atoms with Gasteiger partial charge in [-0.25, -0.2) is 0 Å². The molecule has 1 N–H and O–H groups in total. The van der Waals surface area contributed by atoms with Crippen molar-refractivity contribution >= 4 is 5.97 Å². The summed E-state index contributed by atoms with van der Waals surface area (Å²) in [7, 11) is 3.14. The Morgan fingerprint density at radius 2 is 1.50 bits per heavy atom. The minimum Gasteiger partial charge on any atom is -0.493 e. The van der Waals surface area contributed by atoms with Gasteiger partial charge in [-0.1, -0.05) is 0 Å². The normalized spacial score (nSPS) is 33.2. The summed E-state index contributed by atoms with van der Waals surface area (Å²) in [6.07, 6.45) is -5.56. The Kier molecular flexibility index (Phi) is 9.14. The van der Waals surface area contributed by atoms with E-state index < -0.39 is 72.1 Å². The van der Waals surface area contributed by atoms with Gasteiger partial charge < -0.3 is 57.2 Å². The number of esters is 1. The standard InChI is InChI=1S/C37H48O13/c1-17-42-15-26-32(46-17)29(38)33(50-37(5,6)7)35(47-26)48-30-20-13-23-22(44-16-45-23)12-19(20)27(28-21(30)14-43-34(28)39)18-10-24(40-8)31(25(11-18)41-9)49-36(2,3)4/h10-13,17,21,26-30,32-33,35,38H,14-16H2,1-9H3/t17-,21?,26-,27-,28+,29+,30-,32-,33-,35?/m1/s1. The number of hydrogen-bond acceptors (Lipinski definition) is 13. The highest BCUT2D eigenvalue weighted by molar-refractivity contribution is 5.79. The Balaban J connectivity index is 1.33. The van der Waals surface area contributed by atoms with Crippen LogP contribution in [0.2, 0.25) is 0 Å². The van der Waals surface area contributed by atoms with Crippen LogP contribution in [0, 0.1) is 11.8 Å². The molecule has 0 radical (unpaired) electrons. The monoisotopic (exact) mass is 700 g/mol. The first kappa shape index (κ1) is 35.1. The van der Waals surface area contributed by atoms with Gasteiger partial charge in [-0.15, -0.1) is 0 Å². The molecule has 13 nitrogen and oxygen atoms in total. The first-order valence-corrected chi connectivity index (χ1v) is 17.1. The van der Waals surface area contributed by atoms with Gasteiger partial charge in [0.05, 0.1) is 45.1 Å². The van der Waals surface area contributed by atoms with Crippen molar-refractivity contribution in [1.82, 2.24) is 0 Å². The van der Waals surface area contributed by atoms with Crippen LogP contribution in [0.3, 0.4) is 0 Å². The van der Waals surface area contributed by atoms with Gasteiger partial charge in [0.2, 0.25) is 12.5 Å². The van der Waals surface area contributed by atoms with Gasteiger partial charge in [0.25, 0.3) is 0 Å². The van der Waals surface area contributed by atoms with Crippen LogP contribution in [0.4, 0.5) is 0 Å². The van der Waals surface area contributed by atoms with E-state index in [0.717, 1.165) is 16.7 Å². The fourth-order valence-corrected chi connectivity index (χ4v) is 7.65. The maximum atomic E-state index is 13.8. The van der Waals surface area contributed by atoms with Gasteiger partial charge in [0.1, 0.15) is 30.0 Å². The number of methoxy groups -OCH3 is 2. The number of carbonyl (C=O) groups is 1. The van der Waals surface area contributed by atoms with Gasteiger partial charge in [-0.3, -0.25) is 4.79 Å². The minimum atomic E-state index is -1.08. The molecule has 4 heterocycles. The smallest absolute Gasteiger partial charge is 0.310 e. The topological polar surface area (TPSA) is 139 Å². The summed E-state index contributed by atoms with van der Waals surface area (Å²) in [6.45, 7) is 13.7. The highest BCUT2D eigenvalue weighted by Crippen LogP contribution is 2.57. The molecule has 0 saturated carbocycles. The van der Waals surface area contributed by atoms with Crippen LogP contribution >= 0.6 is 0 Å². The number of aliphatic hydroxyl groups excluding tert-OH is 1. The number of hydrogen-bond donors (Lipinski definition) is 1. The lowest BCUT2D eigenvalue weighted by Crippen LogP contribution is -2.64. The summed E-state index contributed by atoms with van der Waals surface area (Å²) in [5, 5.41) is 11.7. The fraction of sp³-hybridized carbons (Fsp3) is 0.649. The average molecular weight is 701 g/mol. The summed E-state index contributed by atoms with van der Waals surface area (Å²) in [4.78, 5) is 13.8. The molecule has 50 heavy (non-hydrogen) atoms. The highest BCUT2D eigenvalue weighted by atomic mass is 16.8. The molecule has 7 rings (SSSR count). The van der Waals surface area contributed by atoms with Crippen molar-refractivity contribution in [3.63, 3.8) is 0 Å². The van der Waals surface area contributed by atoms with Gasteiger partial charge in [-0.2, -0.15) is 0 Å². The van der Waals surface area contributed by atoms with E-state index in [-0.39, 0.29) is 26.0 Å². The van der Waals surface area contributed by atoms with Crippen LogP contribution in [0.1, 0.15) is 77.2 Å². The van der Waals surface area contributed by atoms with E-state index in [2.05, 4.69) is 0 Å². The van der Waals surface area contributed by atoms with E-state index in [1.807, 2.05) is 65.8 Å². The number of fused-ring (bicyclic) bond motifs is 4. The van der Waals surface area contributed by atoms with E-state index in [0.29, 0.717) is 28.7 Å². The molecule has 0 spiro atoms. The van der Waals surface area contributed by atoms with Crippen LogP contribution in [-0.2, 0) is 33.2 Å². The SMILES string of the molecule is COc1cc([C@@H]2c3cc4c(cc3[C@@H](OC3O[C@@H]5CO[C@@H](C)O[C@H]5[C@H](O)[C@H]3OC(C)(C)C)C3COC(=O)[C@@H]32)OCO4)cc(OC)c1OC(C)(C)C. The zero-order chi connectivity index (χ0) is 35.7. The molecule has 2 aromatic rings. The summed E-state index contributed by atoms with van der Waals surface area (Å²) in [5.41, 5.74) is 1.14. The van der Waals surface area contributed by atoms with Gasteiger partial charge in [0.15, 0.2) is 35.6 Å². The lowest BCUT2D eigenvalue weighted by Gasteiger charge is -2.50. The highest BCUT2D eigenvalue weighted by Gasteiger charge is 2.57. The maximum Gasteiger partial charge on any atom is 0.310 e. The Morgan fingerprint density at radius 3 is 2.12 bits per heavy atom. The quantitative estimate of drug-likeness (QED) is 0.402. The Labute approximate surface area is 292 Å². The fourth-order valence-electron chi connectivity index (χ4n) is 7.65. The molecular formula is C37H48O13. The van der Waals surface area contributed by atoms with Crippen LogP contribution in [0.5, 0.6) is 28.7 Å². The second-order valence-electron chi connectivity index (χ2n) is 15.4. The van der Waals surface area contributed by atoms with Crippen molar-refractivity contribution in [3.05, 3.63) is 41.0 Å². The van der Waals surface area contributed by atoms with Gasteiger partial charge in [-0.05, 0) is 89.4 Å². The lowest BCUT2D eigenvalue weighted by molar-refractivity contribution is -0.376. The molecule has 0 amide bonds. The molecule has 5 aliphatic rings. The largest absolute Gasteiger partial charge is 0.493 e. The summed E-state index contributed by atoms with van der Waals surface area (Å²) in [6, 6.07) is 7.56. The third kappa shape index (κ3) is 6.48. The van der Waals surface area contributed by atoms with Crippen molar-refractivity contribution in [1.29, 1.82) is 0 Å². The molecule has 274 valence electrons. The Hall–Kier alpha value is -3.33. The molecule has 3 fully saturated rings. The summed E-state index contributed by atoms with van der Waals surface area (Å²) in [5.74, 6) is 0.514. The van der Waals surface area contributed by atoms with Crippen LogP contribution in [-0.4, -0.2) is 93.5 Å². The molecule has 2 aromatic carbocycles. The first-order valence-electron chi connectivity index (χ1n) is 17.1. The average Bonchev–Trinajstić information content (AvgIpc) is 3.67. The van der Waals surface area contributed by atoms with Crippen LogP contribution < -0.4 is 23.7 Å². The number of aliphatic hydroxyl groups is 1. The Morgan fingerprint density at radius 1 is 0.840 bits per heavy atom. The molecule has 3 saturated heterocycles. The molecule has 10 atom stereocenters. The van der Waals surface area contributed by atoms with E-state index in [9.17, 15) is 9.90 Å². The van der Waals surface area contributed by atoms with Crippen molar-refractivity contribution in [3.8, 4) is 28.7 Å². The van der Waals surface area contributed by atoms with Crippen molar-refractivity contribution < 1.29 is 62.0 Å². The third-order valence-corrected chi connectivity index (χ3v) is 9.60. The van der Waals surface area contributed by atoms with Crippen molar-refractivity contribution in [2.45, 2.75) is 109 Å². The van der Waals surface area contributed by atoms with E-state index >= 15 is 0 Å².